The molecule has 1 aromatic heterocycles. The molecule has 0 bridgehead atoms. The lowest BCUT2D eigenvalue weighted by Crippen LogP contribution is -2.24. The fraction of sp³-hybridized carbons (Fsp3) is 0.733. The van der Waals surface area contributed by atoms with E-state index in [0.717, 1.165) is 49.1 Å². The van der Waals surface area contributed by atoms with Gasteiger partial charge in [0.05, 0.1) is 5.69 Å². The molecule has 1 N–H and O–H groups in total. The predicted octanol–water partition coefficient (Wildman–Crippen LogP) is 3.27. The van der Waals surface area contributed by atoms with Gasteiger partial charge in [-0.25, -0.2) is 4.98 Å². The number of aromatic nitrogens is 1. The van der Waals surface area contributed by atoms with E-state index in [4.69, 9.17) is 4.98 Å². The lowest BCUT2D eigenvalue weighted by Gasteiger charge is -2.19. The molecule has 0 aromatic carbocycles. The molecule has 3 rings (SSSR count). The summed E-state index contributed by atoms with van der Waals surface area (Å²) in [6.07, 6.45) is 6.44. The smallest absolute Gasteiger partial charge is 0.312 e. The van der Waals surface area contributed by atoms with Gasteiger partial charge in [-0.1, -0.05) is 6.92 Å². The summed E-state index contributed by atoms with van der Waals surface area (Å²) in [5.41, 5.74) is 0.848. The Morgan fingerprint density at radius 3 is 2.95 bits per heavy atom. The van der Waals surface area contributed by atoms with Crippen LogP contribution in [-0.4, -0.2) is 29.1 Å². The van der Waals surface area contributed by atoms with Crippen LogP contribution in [0.1, 0.15) is 55.5 Å². The zero-order valence-corrected chi connectivity index (χ0v) is 12.8. The number of carboxylic acids is 1. The minimum Gasteiger partial charge on any atom is -0.481 e. The van der Waals surface area contributed by atoms with Crippen molar-refractivity contribution in [3.05, 3.63) is 10.6 Å². The highest BCUT2D eigenvalue weighted by Gasteiger charge is 2.31. The topological polar surface area (TPSA) is 53.4 Å². The van der Waals surface area contributed by atoms with Crippen molar-refractivity contribution in [2.24, 2.45) is 5.92 Å². The number of rotatable bonds is 2. The summed E-state index contributed by atoms with van der Waals surface area (Å²) in [4.78, 5) is 19.6. The second-order valence-electron chi connectivity index (χ2n) is 6.11. The molecule has 0 spiro atoms. The fourth-order valence-corrected chi connectivity index (χ4v) is 4.45. The van der Waals surface area contributed by atoms with Gasteiger partial charge in [0.1, 0.15) is 5.92 Å². The Morgan fingerprint density at radius 1 is 1.30 bits per heavy atom. The van der Waals surface area contributed by atoms with E-state index >= 15 is 0 Å². The van der Waals surface area contributed by atoms with Crippen molar-refractivity contribution < 1.29 is 9.90 Å². The van der Waals surface area contributed by atoms with Gasteiger partial charge < -0.3 is 10.0 Å². The first-order chi connectivity index (χ1) is 9.65. The maximum Gasteiger partial charge on any atom is 0.312 e. The molecule has 1 aliphatic heterocycles. The van der Waals surface area contributed by atoms with Gasteiger partial charge in [0, 0.05) is 18.0 Å². The van der Waals surface area contributed by atoms with Crippen LogP contribution in [0.4, 0.5) is 5.13 Å². The third-order valence-electron chi connectivity index (χ3n) is 4.53. The molecule has 0 saturated carbocycles. The molecule has 2 unspecified atom stereocenters. The van der Waals surface area contributed by atoms with E-state index in [2.05, 4.69) is 11.8 Å². The van der Waals surface area contributed by atoms with Crippen LogP contribution in [0.15, 0.2) is 0 Å². The summed E-state index contributed by atoms with van der Waals surface area (Å²) in [5.74, 6) is -0.303. The fourth-order valence-electron chi connectivity index (χ4n) is 3.24. The van der Waals surface area contributed by atoms with E-state index in [9.17, 15) is 9.90 Å². The number of fused-ring (bicyclic) bond motifs is 1. The van der Waals surface area contributed by atoms with Crippen LogP contribution < -0.4 is 4.90 Å². The minimum absolute atomic E-state index is 0.380. The summed E-state index contributed by atoms with van der Waals surface area (Å²) in [6.45, 7) is 4.44. The largest absolute Gasteiger partial charge is 0.481 e. The Labute approximate surface area is 123 Å². The number of carbonyl (C=O) groups is 1. The van der Waals surface area contributed by atoms with E-state index in [1.54, 1.807) is 11.3 Å². The molecule has 1 aromatic rings. The van der Waals surface area contributed by atoms with Crippen LogP contribution in [0.25, 0.3) is 0 Å². The first kappa shape index (κ1) is 13.9. The molecule has 2 heterocycles. The number of nitrogens with zero attached hydrogens (tertiary/aromatic N) is 2. The Balaban J connectivity index is 1.83. The third-order valence-corrected chi connectivity index (χ3v) is 5.72. The highest BCUT2D eigenvalue weighted by molar-refractivity contribution is 7.15. The van der Waals surface area contributed by atoms with Gasteiger partial charge in [0.2, 0.25) is 0 Å². The predicted molar refractivity (Wildman–Crippen MR) is 80.7 cm³/mol. The van der Waals surface area contributed by atoms with Crippen molar-refractivity contribution in [1.82, 2.24) is 4.98 Å². The molecule has 2 atom stereocenters. The van der Waals surface area contributed by atoms with Crippen LogP contribution in [0.3, 0.4) is 0 Å². The molecule has 1 saturated heterocycles. The monoisotopic (exact) mass is 294 g/mol. The molecule has 5 heteroatoms. The zero-order chi connectivity index (χ0) is 14.1. The molecule has 110 valence electrons. The van der Waals surface area contributed by atoms with Gasteiger partial charge in [-0.2, -0.15) is 0 Å². The first-order valence-corrected chi connectivity index (χ1v) is 8.44. The molecular formula is C15H22N2O2S. The molecule has 20 heavy (non-hydrogen) atoms. The van der Waals surface area contributed by atoms with Gasteiger partial charge in [-0.15, -0.1) is 11.3 Å². The van der Waals surface area contributed by atoms with E-state index in [1.807, 2.05) is 0 Å². The van der Waals surface area contributed by atoms with Gasteiger partial charge in [-0.05, 0) is 44.4 Å². The number of aryl methyl sites for hydroxylation is 1. The summed E-state index contributed by atoms with van der Waals surface area (Å²) in [7, 11) is 0. The third kappa shape index (κ3) is 2.68. The van der Waals surface area contributed by atoms with Crippen molar-refractivity contribution >= 4 is 22.4 Å². The standard InChI is InChI=1S/C15H22N2O2S/c1-10-4-3-8-17(9-7-10)15-16-13-11(14(18)19)5-2-6-12(13)20-15/h10-11H,2-9H2,1H3,(H,18,19). The summed E-state index contributed by atoms with van der Waals surface area (Å²) in [6, 6.07) is 0. The average Bonchev–Trinajstić information content (AvgIpc) is 2.74. The number of hydrogen-bond acceptors (Lipinski definition) is 4. The summed E-state index contributed by atoms with van der Waals surface area (Å²) in [5, 5.41) is 10.4. The van der Waals surface area contributed by atoms with E-state index in [0.29, 0.717) is 0 Å². The number of aliphatic carboxylic acids is 1. The minimum atomic E-state index is -0.715. The highest BCUT2D eigenvalue weighted by Crippen LogP contribution is 2.38. The van der Waals surface area contributed by atoms with Gasteiger partial charge >= 0.3 is 5.97 Å². The number of hydrogen-bond donors (Lipinski definition) is 1. The van der Waals surface area contributed by atoms with Crippen LogP contribution in [-0.2, 0) is 11.2 Å². The maximum atomic E-state index is 11.4. The van der Waals surface area contributed by atoms with Crippen molar-refractivity contribution in [2.75, 3.05) is 18.0 Å². The average molecular weight is 294 g/mol. The van der Waals surface area contributed by atoms with Crippen molar-refractivity contribution in [3.8, 4) is 0 Å². The normalized spacial score (nSPS) is 26.9. The molecule has 1 aliphatic carbocycles. The molecule has 0 amide bonds. The Kier molecular flexibility index (Phi) is 3.96. The van der Waals surface area contributed by atoms with E-state index < -0.39 is 5.97 Å². The van der Waals surface area contributed by atoms with E-state index in [1.165, 1.54) is 24.1 Å². The lowest BCUT2D eigenvalue weighted by atomic mass is 9.91. The van der Waals surface area contributed by atoms with Crippen molar-refractivity contribution in [1.29, 1.82) is 0 Å². The van der Waals surface area contributed by atoms with Crippen LogP contribution in [0.2, 0.25) is 0 Å². The number of carboxylic acid groups (broad SMARTS) is 1. The van der Waals surface area contributed by atoms with Crippen LogP contribution in [0, 0.1) is 5.92 Å². The summed E-state index contributed by atoms with van der Waals surface area (Å²) < 4.78 is 0. The molecule has 1 fully saturated rings. The SMILES string of the molecule is CC1CCCN(c2nc3c(s2)CCCC3C(=O)O)CC1. The maximum absolute atomic E-state index is 11.4. The van der Waals surface area contributed by atoms with E-state index in [-0.39, 0.29) is 5.92 Å². The van der Waals surface area contributed by atoms with Gasteiger partial charge in [0.15, 0.2) is 5.13 Å². The molecular weight excluding hydrogens is 272 g/mol. The Hall–Kier alpha value is -1.10. The van der Waals surface area contributed by atoms with Gasteiger partial charge in [-0.3, -0.25) is 4.79 Å². The molecule has 0 radical (unpaired) electrons. The Bertz CT molecular complexity index is 500. The number of anilines is 1. The number of thiazole rings is 1. The van der Waals surface area contributed by atoms with Crippen molar-refractivity contribution in [2.45, 2.75) is 51.4 Å². The van der Waals surface area contributed by atoms with Crippen LogP contribution in [0.5, 0.6) is 0 Å². The second-order valence-corrected chi connectivity index (χ2v) is 7.17. The molecule has 4 nitrogen and oxygen atoms in total. The second kappa shape index (κ2) is 5.72. The lowest BCUT2D eigenvalue weighted by molar-refractivity contribution is -0.139. The molecule has 2 aliphatic rings. The zero-order valence-electron chi connectivity index (χ0n) is 12.0. The van der Waals surface area contributed by atoms with Gasteiger partial charge in [0.25, 0.3) is 0 Å². The quantitative estimate of drug-likeness (QED) is 0.909. The Morgan fingerprint density at radius 2 is 2.15 bits per heavy atom. The summed E-state index contributed by atoms with van der Waals surface area (Å²) >= 11 is 1.72. The first-order valence-electron chi connectivity index (χ1n) is 7.62. The van der Waals surface area contributed by atoms with Crippen LogP contribution >= 0.6 is 11.3 Å². The highest BCUT2D eigenvalue weighted by atomic mass is 32.1. The van der Waals surface area contributed by atoms with Crippen molar-refractivity contribution in [3.63, 3.8) is 0 Å².